The molecular formula is C10H16BrClN2O2S2. The third-order valence-corrected chi connectivity index (χ3v) is 7.11. The highest BCUT2D eigenvalue weighted by atomic mass is 79.9. The van der Waals surface area contributed by atoms with Crippen molar-refractivity contribution >= 4 is 49.7 Å². The molecular weight excluding hydrogens is 360 g/mol. The Hall–Kier alpha value is 0.340. The molecule has 1 heterocycles. The maximum absolute atomic E-state index is 12.1. The van der Waals surface area contributed by atoms with Crippen LogP contribution in [0.25, 0.3) is 0 Å². The summed E-state index contributed by atoms with van der Waals surface area (Å²) in [6.07, 6.45) is 3.42. The zero-order valence-electron chi connectivity index (χ0n) is 9.63. The fourth-order valence-electron chi connectivity index (χ4n) is 1.98. The van der Waals surface area contributed by atoms with Gasteiger partial charge in [0, 0.05) is 16.6 Å². The van der Waals surface area contributed by atoms with Crippen LogP contribution in [0.4, 0.5) is 0 Å². The first kappa shape index (κ1) is 16.4. The maximum atomic E-state index is 12.1. The van der Waals surface area contributed by atoms with Crippen LogP contribution in [0.2, 0.25) is 0 Å². The Morgan fingerprint density at radius 3 is 2.44 bits per heavy atom. The lowest BCUT2D eigenvalue weighted by Crippen LogP contribution is -2.40. The number of sulfonamides is 1. The van der Waals surface area contributed by atoms with Gasteiger partial charge in [-0.2, -0.15) is 0 Å². The average molecular weight is 376 g/mol. The van der Waals surface area contributed by atoms with Gasteiger partial charge in [-0.05, 0) is 53.1 Å². The summed E-state index contributed by atoms with van der Waals surface area (Å²) >= 11 is 4.47. The topological polar surface area (TPSA) is 72.2 Å². The summed E-state index contributed by atoms with van der Waals surface area (Å²) in [6.45, 7) is 0. The largest absolute Gasteiger partial charge is 0.328 e. The summed E-state index contributed by atoms with van der Waals surface area (Å²) < 4.78 is 27.9. The van der Waals surface area contributed by atoms with Crippen molar-refractivity contribution in [2.45, 2.75) is 42.0 Å². The van der Waals surface area contributed by atoms with Gasteiger partial charge in [-0.3, -0.25) is 0 Å². The van der Waals surface area contributed by atoms with Crippen molar-refractivity contribution in [1.82, 2.24) is 4.72 Å². The highest BCUT2D eigenvalue weighted by Gasteiger charge is 2.26. The lowest BCUT2D eigenvalue weighted by molar-refractivity contribution is 0.374. The maximum Gasteiger partial charge on any atom is 0.251 e. The van der Waals surface area contributed by atoms with Crippen molar-refractivity contribution < 1.29 is 8.42 Å². The van der Waals surface area contributed by atoms with Gasteiger partial charge in [0.15, 0.2) is 0 Å². The molecule has 18 heavy (non-hydrogen) atoms. The molecule has 0 atom stereocenters. The van der Waals surface area contributed by atoms with E-state index < -0.39 is 10.0 Å². The van der Waals surface area contributed by atoms with E-state index in [0.717, 1.165) is 25.7 Å². The van der Waals surface area contributed by atoms with E-state index in [9.17, 15) is 8.42 Å². The molecule has 1 aromatic rings. The van der Waals surface area contributed by atoms with Crippen LogP contribution in [0.5, 0.6) is 0 Å². The Balaban J connectivity index is 0.00000162. The van der Waals surface area contributed by atoms with Crippen molar-refractivity contribution in [3.8, 4) is 0 Å². The molecule has 1 saturated carbocycles. The minimum Gasteiger partial charge on any atom is -0.328 e. The van der Waals surface area contributed by atoms with Crippen LogP contribution in [0, 0.1) is 0 Å². The Morgan fingerprint density at radius 2 is 1.94 bits per heavy atom. The molecule has 8 heteroatoms. The van der Waals surface area contributed by atoms with Crippen LogP contribution < -0.4 is 10.5 Å². The number of thiophene rings is 1. The van der Waals surface area contributed by atoms with Gasteiger partial charge in [-0.1, -0.05) is 0 Å². The van der Waals surface area contributed by atoms with Gasteiger partial charge in [0.05, 0.1) is 0 Å². The molecule has 0 saturated heterocycles. The van der Waals surface area contributed by atoms with Crippen LogP contribution in [0.15, 0.2) is 20.1 Å². The number of nitrogens with two attached hydrogens (primary N) is 1. The molecule has 1 aromatic heterocycles. The first-order valence-electron chi connectivity index (χ1n) is 5.50. The first-order valence-corrected chi connectivity index (χ1v) is 8.65. The molecule has 0 bridgehead atoms. The second-order valence-corrected chi connectivity index (χ2v) is 7.97. The minimum atomic E-state index is -3.38. The van der Waals surface area contributed by atoms with E-state index in [1.165, 1.54) is 11.3 Å². The van der Waals surface area contributed by atoms with E-state index in [-0.39, 0.29) is 24.5 Å². The van der Waals surface area contributed by atoms with E-state index >= 15 is 0 Å². The predicted octanol–water partition coefficient (Wildman–Crippen LogP) is 2.48. The van der Waals surface area contributed by atoms with E-state index in [1.54, 1.807) is 11.4 Å². The molecule has 1 aliphatic rings. The molecule has 0 radical (unpaired) electrons. The molecule has 0 aromatic carbocycles. The van der Waals surface area contributed by atoms with Crippen LogP contribution in [0.1, 0.15) is 25.7 Å². The summed E-state index contributed by atoms with van der Waals surface area (Å²) in [7, 11) is -3.38. The van der Waals surface area contributed by atoms with Crippen LogP contribution >= 0.6 is 39.7 Å². The Bertz CT molecular complexity index is 484. The molecule has 0 aliphatic heterocycles. The van der Waals surface area contributed by atoms with E-state index in [1.807, 2.05) is 0 Å². The summed E-state index contributed by atoms with van der Waals surface area (Å²) in [6, 6.07) is 1.99. The van der Waals surface area contributed by atoms with Crippen molar-refractivity contribution in [2.75, 3.05) is 0 Å². The second kappa shape index (κ2) is 6.67. The van der Waals surface area contributed by atoms with Gasteiger partial charge in [-0.15, -0.1) is 23.7 Å². The Kier molecular flexibility index (Phi) is 6.08. The SMILES string of the molecule is Cl.NC1CCC(NS(=O)(=O)c2sccc2Br)CC1. The molecule has 0 unspecified atom stereocenters. The normalized spacial score (nSPS) is 24.6. The lowest BCUT2D eigenvalue weighted by atomic mass is 9.93. The van der Waals surface area contributed by atoms with Crippen LogP contribution in [-0.4, -0.2) is 20.5 Å². The third kappa shape index (κ3) is 3.91. The number of rotatable bonds is 3. The number of halogens is 2. The van der Waals surface area contributed by atoms with Crippen molar-refractivity contribution in [3.63, 3.8) is 0 Å². The van der Waals surface area contributed by atoms with Gasteiger partial charge < -0.3 is 5.73 Å². The van der Waals surface area contributed by atoms with Crippen molar-refractivity contribution in [2.24, 2.45) is 5.73 Å². The monoisotopic (exact) mass is 374 g/mol. The standard InChI is InChI=1S/C10H15BrN2O2S2.ClH/c11-9-5-6-16-10(9)17(14,15)13-8-3-1-7(12)2-4-8;/h5-8,13H,1-4,12H2;1H. The van der Waals surface area contributed by atoms with Crippen molar-refractivity contribution in [3.05, 3.63) is 15.9 Å². The summed E-state index contributed by atoms with van der Waals surface area (Å²) in [4.78, 5) is 0. The lowest BCUT2D eigenvalue weighted by Gasteiger charge is -2.26. The third-order valence-electron chi connectivity index (χ3n) is 2.92. The predicted molar refractivity (Wildman–Crippen MR) is 79.8 cm³/mol. The van der Waals surface area contributed by atoms with Gasteiger partial charge in [0.2, 0.25) is 0 Å². The fourth-order valence-corrected chi connectivity index (χ4v) is 5.64. The first-order chi connectivity index (χ1) is 7.99. The van der Waals surface area contributed by atoms with Crippen molar-refractivity contribution in [1.29, 1.82) is 0 Å². The molecule has 104 valence electrons. The number of hydrogen-bond acceptors (Lipinski definition) is 4. The van der Waals surface area contributed by atoms with Gasteiger partial charge in [-0.25, -0.2) is 13.1 Å². The quantitative estimate of drug-likeness (QED) is 0.852. The Morgan fingerprint density at radius 1 is 1.33 bits per heavy atom. The zero-order valence-corrected chi connectivity index (χ0v) is 13.7. The van der Waals surface area contributed by atoms with Crippen LogP contribution in [-0.2, 0) is 10.0 Å². The summed E-state index contributed by atoms with van der Waals surface area (Å²) in [5.41, 5.74) is 5.80. The zero-order chi connectivity index (χ0) is 12.5. The smallest absolute Gasteiger partial charge is 0.251 e. The summed E-state index contributed by atoms with van der Waals surface area (Å²) in [5, 5.41) is 1.76. The molecule has 0 amide bonds. The molecule has 1 aliphatic carbocycles. The Labute approximate surface area is 126 Å². The molecule has 0 spiro atoms. The highest BCUT2D eigenvalue weighted by molar-refractivity contribution is 9.10. The van der Waals surface area contributed by atoms with Gasteiger partial charge in [0.25, 0.3) is 10.0 Å². The average Bonchev–Trinajstić information content (AvgIpc) is 2.68. The molecule has 1 fully saturated rings. The fraction of sp³-hybridized carbons (Fsp3) is 0.600. The number of nitrogens with one attached hydrogen (secondary N) is 1. The highest BCUT2D eigenvalue weighted by Crippen LogP contribution is 2.28. The molecule has 2 rings (SSSR count). The van der Waals surface area contributed by atoms with Crippen LogP contribution in [0.3, 0.4) is 0 Å². The number of hydrogen-bond donors (Lipinski definition) is 2. The molecule has 3 N–H and O–H groups in total. The van der Waals surface area contributed by atoms with E-state index in [4.69, 9.17) is 5.73 Å². The summed E-state index contributed by atoms with van der Waals surface area (Å²) in [5.74, 6) is 0. The van der Waals surface area contributed by atoms with E-state index in [2.05, 4.69) is 20.7 Å². The van der Waals surface area contributed by atoms with E-state index in [0.29, 0.717) is 8.68 Å². The molecule has 4 nitrogen and oxygen atoms in total. The minimum absolute atomic E-state index is 0. The second-order valence-electron chi connectivity index (χ2n) is 4.29. The van der Waals surface area contributed by atoms with Gasteiger partial charge in [0.1, 0.15) is 4.21 Å². The van der Waals surface area contributed by atoms with Gasteiger partial charge >= 0.3 is 0 Å².